The van der Waals surface area contributed by atoms with Crippen LogP contribution in [0.3, 0.4) is 0 Å². The second-order valence-corrected chi connectivity index (χ2v) is 4.86. The maximum atomic E-state index is 10.9. The lowest BCUT2D eigenvalue weighted by Gasteiger charge is -2.21. The van der Waals surface area contributed by atoms with Crippen LogP contribution in [0, 0.1) is 0 Å². The van der Waals surface area contributed by atoms with Gasteiger partial charge in [0.1, 0.15) is 5.82 Å². The van der Waals surface area contributed by atoms with Gasteiger partial charge in [-0.15, -0.1) is 0 Å². The quantitative estimate of drug-likeness (QED) is 0.862. The van der Waals surface area contributed by atoms with Crippen molar-refractivity contribution in [3.63, 3.8) is 0 Å². The predicted molar refractivity (Wildman–Crippen MR) is 68.4 cm³/mol. The number of rotatable bonds is 1. The molecule has 0 unspecified atom stereocenters. The summed E-state index contributed by atoms with van der Waals surface area (Å²) in [5.74, 6) is 0.895. The second kappa shape index (κ2) is 5.35. The van der Waals surface area contributed by atoms with Gasteiger partial charge in [-0.1, -0.05) is 15.9 Å². The van der Waals surface area contributed by atoms with Crippen LogP contribution in [0.4, 0.5) is 10.6 Å². The molecular formula is C11H14BrN3O2. The molecule has 2 rings (SSSR count). The van der Waals surface area contributed by atoms with Crippen LogP contribution in [0.25, 0.3) is 0 Å². The first-order valence-corrected chi connectivity index (χ1v) is 6.30. The van der Waals surface area contributed by atoms with Crippen LogP contribution < -0.4 is 4.90 Å². The van der Waals surface area contributed by atoms with E-state index in [9.17, 15) is 4.79 Å². The fourth-order valence-electron chi connectivity index (χ4n) is 1.90. The van der Waals surface area contributed by atoms with Crippen molar-refractivity contribution >= 4 is 27.8 Å². The largest absolute Gasteiger partial charge is 0.465 e. The van der Waals surface area contributed by atoms with Gasteiger partial charge in [-0.3, -0.25) is 0 Å². The lowest BCUT2D eigenvalue weighted by atomic mass is 10.3. The molecule has 17 heavy (non-hydrogen) atoms. The summed E-state index contributed by atoms with van der Waals surface area (Å²) in [5, 5.41) is 8.95. The standard InChI is InChI=1S/C11H14BrN3O2/c12-9-2-3-13-10(8-9)14-4-1-5-15(7-6-14)11(16)17/h2-3,8H,1,4-7H2,(H,16,17). The summed E-state index contributed by atoms with van der Waals surface area (Å²) in [5.41, 5.74) is 0. The third-order valence-electron chi connectivity index (χ3n) is 2.80. The molecule has 0 bridgehead atoms. The van der Waals surface area contributed by atoms with Crippen molar-refractivity contribution < 1.29 is 9.90 Å². The fourth-order valence-corrected chi connectivity index (χ4v) is 2.23. The Hall–Kier alpha value is -1.30. The molecule has 1 aromatic rings. The van der Waals surface area contributed by atoms with E-state index in [0.717, 1.165) is 23.3 Å². The minimum Gasteiger partial charge on any atom is -0.465 e. The molecule has 0 saturated carbocycles. The minimum atomic E-state index is -0.839. The number of carboxylic acid groups (broad SMARTS) is 1. The number of aromatic nitrogens is 1. The van der Waals surface area contributed by atoms with Crippen molar-refractivity contribution in [3.05, 3.63) is 22.8 Å². The highest BCUT2D eigenvalue weighted by Crippen LogP contribution is 2.18. The molecule has 0 aromatic carbocycles. The summed E-state index contributed by atoms with van der Waals surface area (Å²) in [7, 11) is 0. The van der Waals surface area contributed by atoms with Crippen molar-refractivity contribution in [3.8, 4) is 0 Å². The highest BCUT2D eigenvalue weighted by atomic mass is 79.9. The van der Waals surface area contributed by atoms with Gasteiger partial charge in [-0.05, 0) is 18.6 Å². The first-order chi connectivity index (χ1) is 8.16. The van der Waals surface area contributed by atoms with E-state index < -0.39 is 6.09 Å². The zero-order valence-corrected chi connectivity index (χ0v) is 10.9. The Labute approximate surface area is 108 Å². The molecule has 6 heteroatoms. The number of anilines is 1. The fraction of sp³-hybridized carbons (Fsp3) is 0.455. The Kier molecular flexibility index (Phi) is 3.83. The molecule has 0 aliphatic carbocycles. The zero-order chi connectivity index (χ0) is 12.3. The number of halogens is 1. The van der Waals surface area contributed by atoms with E-state index in [2.05, 4.69) is 25.8 Å². The van der Waals surface area contributed by atoms with E-state index >= 15 is 0 Å². The van der Waals surface area contributed by atoms with Gasteiger partial charge in [0.15, 0.2) is 0 Å². The van der Waals surface area contributed by atoms with Crippen LogP contribution in [0.2, 0.25) is 0 Å². The SMILES string of the molecule is O=C(O)N1CCCN(c2cc(Br)ccn2)CC1. The van der Waals surface area contributed by atoms with Crippen molar-refractivity contribution in [1.82, 2.24) is 9.88 Å². The van der Waals surface area contributed by atoms with Gasteiger partial charge in [0.05, 0.1) is 0 Å². The molecule has 1 N–H and O–H groups in total. The number of amides is 1. The molecule has 1 aliphatic rings. The molecule has 1 saturated heterocycles. The number of nitrogens with zero attached hydrogens (tertiary/aromatic N) is 3. The first-order valence-electron chi connectivity index (χ1n) is 5.51. The lowest BCUT2D eigenvalue weighted by molar-refractivity contribution is 0.148. The van der Waals surface area contributed by atoms with E-state index in [1.165, 1.54) is 4.90 Å². The Morgan fingerprint density at radius 3 is 2.88 bits per heavy atom. The lowest BCUT2D eigenvalue weighted by Crippen LogP contribution is -2.34. The van der Waals surface area contributed by atoms with Gasteiger partial charge in [-0.2, -0.15) is 0 Å². The van der Waals surface area contributed by atoms with Crippen LogP contribution in [0.15, 0.2) is 22.8 Å². The van der Waals surface area contributed by atoms with Crippen LogP contribution in [0.5, 0.6) is 0 Å². The average molecular weight is 300 g/mol. The predicted octanol–water partition coefficient (Wildman–Crippen LogP) is 2.03. The third-order valence-corrected chi connectivity index (χ3v) is 3.29. The molecule has 0 spiro atoms. The highest BCUT2D eigenvalue weighted by Gasteiger charge is 2.18. The Balaban J connectivity index is 2.06. The van der Waals surface area contributed by atoms with Gasteiger partial charge in [0.25, 0.3) is 0 Å². The van der Waals surface area contributed by atoms with Gasteiger partial charge < -0.3 is 14.9 Å². The van der Waals surface area contributed by atoms with Crippen molar-refractivity contribution in [2.75, 3.05) is 31.1 Å². The molecule has 92 valence electrons. The molecule has 5 nitrogen and oxygen atoms in total. The Bertz CT molecular complexity index is 413. The number of pyridine rings is 1. The van der Waals surface area contributed by atoms with Gasteiger partial charge >= 0.3 is 6.09 Å². The maximum absolute atomic E-state index is 10.9. The minimum absolute atomic E-state index is 0.531. The van der Waals surface area contributed by atoms with Gasteiger partial charge in [0, 0.05) is 36.8 Å². The van der Waals surface area contributed by atoms with Crippen molar-refractivity contribution in [1.29, 1.82) is 0 Å². The maximum Gasteiger partial charge on any atom is 0.407 e. The van der Waals surface area contributed by atoms with E-state index in [-0.39, 0.29) is 0 Å². The molecule has 1 amide bonds. The third kappa shape index (κ3) is 3.09. The normalized spacial score (nSPS) is 16.8. The van der Waals surface area contributed by atoms with E-state index in [4.69, 9.17) is 5.11 Å². The monoisotopic (exact) mass is 299 g/mol. The highest BCUT2D eigenvalue weighted by molar-refractivity contribution is 9.10. The van der Waals surface area contributed by atoms with E-state index in [1.54, 1.807) is 6.20 Å². The van der Waals surface area contributed by atoms with Crippen LogP contribution in [-0.2, 0) is 0 Å². The zero-order valence-electron chi connectivity index (χ0n) is 9.34. The van der Waals surface area contributed by atoms with E-state index in [1.807, 2.05) is 12.1 Å². The number of hydrogen-bond donors (Lipinski definition) is 1. The second-order valence-electron chi connectivity index (χ2n) is 3.94. The van der Waals surface area contributed by atoms with Crippen LogP contribution >= 0.6 is 15.9 Å². The summed E-state index contributed by atoms with van der Waals surface area (Å²) in [6.45, 7) is 2.66. The summed E-state index contributed by atoms with van der Waals surface area (Å²) in [4.78, 5) is 18.8. The number of hydrogen-bond acceptors (Lipinski definition) is 3. The molecule has 0 atom stereocenters. The summed E-state index contributed by atoms with van der Waals surface area (Å²) in [6.07, 6.45) is 1.74. The van der Waals surface area contributed by atoms with Crippen LogP contribution in [0.1, 0.15) is 6.42 Å². The average Bonchev–Trinajstić information content (AvgIpc) is 2.54. The first kappa shape index (κ1) is 12.2. The molecule has 1 aliphatic heterocycles. The smallest absolute Gasteiger partial charge is 0.407 e. The topological polar surface area (TPSA) is 56.7 Å². The summed E-state index contributed by atoms with van der Waals surface area (Å²) < 4.78 is 0.988. The van der Waals surface area contributed by atoms with Crippen LogP contribution in [-0.4, -0.2) is 47.3 Å². The Morgan fingerprint density at radius 2 is 2.18 bits per heavy atom. The molecule has 1 aromatic heterocycles. The number of carbonyl (C=O) groups is 1. The molecular weight excluding hydrogens is 286 g/mol. The summed E-state index contributed by atoms with van der Waals surface area (Å²) >= 11 is 3.41. The molecule has 2 heterocycles. The van der Waals surface area contributed by atoms with Gasteiger partial charge in [-0.25, -0.2) is 9.78 Å². The van der Waals surface area contributed by atoms with E-state index in [0.29, 0.717) is 19.6 Å². The molecule has 0 radical (unpaired) electrons. The van der Waals surface area contributed by atoms with Gasteiger partial charge in [0.2, 0.25) is 0 Å². The Morgan fingerprint density at radius 1 is 1.35 bits per heavy atom. The van der Waals surface area contributed by atoms with Crippen molar-refractivity contribution in [2.24, 2.45) is 0 Å². The summed E-state index contributed by atoms with van der Waals surface area (Å²) in [6, 6.07) is 3.83. The molecule has 1 fully saturated rings. The van der Waals surface area contributed by atoms with Crippen molar-refractivity contribution in [2.45, 2.75) is 6.42 Å².